The second-order valence-electron chi connectivity index (χ2n) is 7.10. The van der Waals surface area contributed by atoms with Gasteiger partial charge in [0.15, 0.2) is 5.76 Å². The maximum absolute atomic E-state index is 10.0. The Morgan fingerprint density at radius 3 is 2.73 bits per heavy atom. The first-order valence-corrected chi connectivity index (χ1v) is 9.97. The molecule has 1 aliphatic rings. The number of nitrogens with zero attached hydrogens (tertiary/aromatic N) is 3. The number of rotatable bonds is 4. The Kier molecular flexibility index (Phi) is 4.45. The van der Waals surface area contributed by atoms with Crippen LogP contribution < -0.4 is 0 Å². The number of aliphatic hydroxyl groups is 1. The molecule has 1 saturated carbocycles. The molecule has 4 rings (SSSR count). The molecule has 1 N–H and O–H groups in total. The van der Waals surface area contributed by atoms with Gasteiger partial charge in [0, 0.05) is 22.2 Å². The normalized spacial score (nSPS) is 22.4. The van der Waals surface area contributed by atoms with Crippen LogP contribution in [0.1, 0.15) is 37.1 Å². The summed E-state index contributed by atoms with van der Waals surface area (Å²) >= 11 is 9.89. The molecule has 136 valence electrons. The van der Waals surface area contributed by atoms with E-state index in [1.54, 1.807) is 0 Å². The van der Waals surface area contributed by atoms with Crippen LogP contribution in [-0.2, 0) is 5.33 Å². The Labute approximate surface area is 165 Å². The highest BCUT2D eigenvalue weighted by atomic mass is 79.9. The first kappa shape index (κ1) is 17.8. The molecule has 0 saturated heterocycles. The molecule has 0 unspecified atom stereocenters. The van der Waals surface area contributed by atoms with E-state index >= 15 is 0 Å². The fourth-order valence-electron chi connectivity index (χ4n) is 3.65. The highest BCUT2D eigenvalue weighted by Crippen LogP contribution is 2.43. The lowest BCUT2D eigenvalue weighted by atomic mass is 9.77. The molecule has 1 aliphatic carbocycles. The van der Waals surface area contributed by atoms with Crippen LogP contribution in [0, 0.1) is 6.92 Å². The lowest BCUT2D eigenvalue weighted by Crippen LogP contribution is -2.42. The third-order valence-corrected chi connectivity index (χ3v) is 5.93. The van der Waals surface area contributed by atoms with Gasteiger partial charge >= 0.3 is 0 Å². The number of benzene rings is 1. The van der Waals surface area contributed by atoms with Crippen molar-refractivity contribution in [2.24, 2.45) is 0 Å². The Morgan fingerprint density at radius 1 is 1.35 bits per heavy atom. The van der Waals surface area contributed by atoms with Crippen molar-refractivity contribution in [2.45, 2.75) is 43.7 Å². The zero-order chi connectivity index (χ0) is 18.5. The Morgan fingerprint density at radius 2 is 2.08 bits per heavy atom. The van der Waals surface area contributed by atoms with Crippen LogP contribution in [0.4, 0.5) is 0 Å². The van der Waals surface area contributed by atoms with E-state index in [9.17, 15) is 5.11 Å². The van der Waals surface area contributed by atoms with E-state index in [-0.39, 0.29) is 6.04 Å². The molecule has 26 heavy (non-hydrogen) atoms. The second-order valence-corrected chi connectivity index (χ2v) is 8.07. The Bertz CT molecular complexity index is 956. The molecule has 2 aromatic heterocycles. The highest BCUT2D eigenvalue weighted by molar-refractivity contribution is 9.08. The molecule has 5 nitrogen and oxygen atoms in total. The summed E-state index contributed by atoms with van der Waals surface area (Å²) in [5, 5.41) is 20.1. The van der Waals surface area contributed by atoms with Crippen molar-refractivity contribution in [3.05, 3.63) is 46.7 Å². The van der Waals surface area contributed by atoms with Crippen molar-refractivity contribution in [1.82, 2.24) is 14.9 Å². The van der Waals surface area contributed by atoms with Gasteiger partial charge in [0.05, 0.1) is 28.4 Å². The average Bonchev–Trinajstić information content (AvgIpc) is 3.16. The number of aromatic nitrogens is 3. The highest BCUT2D eigenvalue weighted by Gasteiger charge is 2.40. The third kappa shape index (κ3) is 2.90. The predicted molar refractivity (Wildman–Crippen MR) is 104 cm³/mol. The molecule has 0 bridgehead atoms. The van der Waals surface area contributed by atoms with Gasteiger partial charge in [0.25, 0.3) is 0 Å². The summed E-state index contributed by atoms with van der Waals surface area (Å²) in [6.45, 7) is 3.88. The minimum absolute atomic E-state index is 0.220. The molecule has 0 amide bonds. The lowest BCUT2D eigenvalue weighted by Gasteiger charge is -2.41. The fraction of sp³-hybridized carbons (Fsp3) is 0.368. The van der Waals surface area contributed by atoms with Crippen LogP contribution in [-0.4, -0.2) is 25.6 Å². The van der Waals surface area contributed by atoms with Gasteiger partial charge in [-0.15, -0.1) is 0 Å². The Balaban J connectivity index is 1.74. The van der Waals surface area contributed by atoms with Gasteiger partial charge in [0.1, 0.15) is 5.69 Å². The van der Waals surface area contributed by atoms with E-state index in [1.165, 1.54) is 0 Å². The summed E-state index contributed by atoms with van der Waals surface area (Å²) in [7, 11) is 0. The van der Waals surface area contributed by atoms with E-state index in [2.05, 4.69) is 26.2 Å². The molecule has 1 fully saturated rings. The predicted octanol–water partition coefficient (Wildman–Crippen LogP) is 5.15. The average molecular weight is 437 g/mol. The molecule has 7 heteroatoms. The smallest absolute Gasteiger partial charge is 0.174 e. The SMILES string of the molecule is Cc1c(-c2onc(-c3ccccc3Cl)c2CBr)cnn1C1CC(C)(O)C1. The zero-order valence-electron chi connectivity index (χ0n) is 14.5. The molecule has 0 aliphatic heterocycles. The van der Waals surface area contributed by atoms with Gasteiger partial charge in [-0.25, -0.2) is 0 Å². The number of halogens is 2. The molecular weight excluding hydrogens is 418 g/mol. The second kappa shape index (κ2) is 6.51. The molecule has 0 spiro atoms. The van der Waals surface area contributed by atoms with E-state index < -0.39 is 5.60 Å². The first-order valence-electron chi connectivity index (χ1n) is 8.47. The van der Waals surface area contributed by atoms with Gasteiger partial charge in [0.2, 0.25) is 0 Å². The lowest BCUT2D eigenvalue weighted by molar-refractivity contribution is -0.0548. The summed E-state index contributed by atoms with van der Waals surface area (Å²) in [6.07, 6.45) is 3.23. The van der Waals surface area contributed by atoms with Crippen LogP contribution in [0.25, 0.3) is 22.6 Å². The zero-order valence-corrected chi connectivity index (χ0v) is 16.9. The number of hydrogen-bond donors (Lipinski definition) is 1. The Hall–Kier alpha value is -1.63. The quantitative estimate of drug-likeness (QED) is 0.575. The third-order valence-electron chi connectivity index (χ3n) is 5.04. The van der Waals surface area contributed by atoms with Gasteiger partial charge < -0.3 is 9.63 Å². The summed E-state index contributed by atoms with van der Waals surface area (Å²) < 4.78 is 7.68. The van der Waals surface area contributed by atoms with Crippen molar-refractivity contribution in [1.29, 1.82) is 0 Å². The standard InChI is InChI=1S/C19H19BrClN3O2/c1-11-15(10-22-24(11)12-7-19(2,25)8-12)18-14(9-20)17(23-26-18)13-5-3-4-6-16(13)21/h3-6,10,12,25H,7-9H2,1-2H3. The van der Waals surface area contributed by atoms with Crippen LogP contribution in [0.3, 0.4) is 0 Å². The van der Waals surface area contributed by atoms with Gasteiger partial charge in [-0.05, 0) is 32.8 Å². The van der Waals surface area contributed by atoms with Gasteiger partial charge in [-0.3, -0.25) is 4.68 Å². The topological polar surface area (TPSA) is 64.1 Å². The number of alkyl halides is 1. The summed E-state index contributed by atoms with van der Waals surface area (Å²) in [4.78, 5) is 0. The maximum atomic E-state index is 10.0. The molecule has 0 radical (unpaired) electrons. The molecule has 3 aromatic rings. The van der Waals surface area contributed by atoms with Crippen molar-refractivity contribution in [2.75, 3.05) is 0 Å². The van der Waals surface area contributed by atoms with Crippen molar-refractivity contribution < 1.29 is 9.63 Å². The number of hydrogen-bond acceptors (Lipinski definition) is 4. The maximum Gasteiger partial charge on any atom is 0.174 e. The van der Waals surface area contributed by atoms with Crippen molar-refractivity contribution >= 4 is 27.5 Å². The minimum atomic E-state index is -0.590. The van der Waals surface area contributed by atoms with Crippen LogP contribution in [0.2, 0.25) is 5.02 Å². The van der Waals surface area contributed by atoms with Crippen LogP contribution >= 0.6 is 27.5 Å². The van der Waals surface area contributed by atoms with Crippen molar-refractivity contribution in [3.8, 4) is 22.6 Å². The largest absolute Gasteiger partial charge is 0.390 e. The minimum Gasteiger partial charge on any atom is -0.390 e. The fourth-order valence-corrected chi connectivity index (χ4v) is 4.40. The molecule has 2 heterocycles. The molecule has 1 aromatic carbocycles. The van der Waals surface area contributed by atoms with E-state index in [0.29, 0.717) is 29.0 Å². The van der Waals surface area contributed by atoms with Gasteiger partial charge in [-0.2, -0.15) is 5.10 Å². The summed E-state index contributed by atoms with van der Waals surface area (Å²) in [6, 6.07) is 7.82. The van der Waals surface area contributed by atoms with E-state index in [0.717, 1.165) is 28.1 Å². The van der Waals surface area contributed by atoms with Crippen LogP contribution in [0.5, 0.6) is 0 Å². The van der Waals surface area contributed by atoms with E-state index in [4.69, 9.17) is 16.1 Å². The molecule has 0 atom stereocenters. The van der Waals surface area contributed by atoms with E-state index in [1.807, 2.05) is 49.0 Å². The monoisotopic (exact) mass is 435 g/mol. The van der Waals surface area contributed by atoms with Gasteiger partial charge in [-0.1, -0.05) is 50.9 Å². The van der Waals surface area contributed by atoms with Crippen LogP contribution in [0.15, 0.2) is 35.0 Å². The molecular formula is C19H19BrClN3O2. The first-order chi connectivity index (χ1) is 12.4. The van der Waals surface area contributed by atoms with Crippen molar-refractivity contribution in [3.63, 3.8) is 0 Å². The summed E-state index contributed by atoms with van der Waals surface area (Å²) in [5.41, 5.74) is 3.86. The summed E-state index contributed by atoms with van der Waals surface area (Å²) in [5.74, 6) is 0.701.